The maximum Gasteiger partial charge on any atom is 0.306 e. The fraction of sp³-hybridized carbons (Fsp3) is 0.615. The van der Waals surface area contributed by atoms with Crippen LogP contribution in [0.2, 0.25) is 0 Å². The van der Waals surface area contributed by atoms with E-state index in [4.69, 9.17) is 4.74 Å². The highest BCUT2D eigenvalue weighted by molar-refractivity contribution is 5.77. The molecule has 1 amide bonds. The first-order valence-electron chi connectivity index (χ1n) is 23.2. The summed E-state index contributed by atoms with van der Waals surface area (Å²) in [5.74, 6) is -0.592. The highest BCUT2D eigenvalue weighted by Gasteiger charge is 2.24. The van der Waals surface area contributed by atoms with Gasteiger partial charge in [-0.15, -0.1) is 0 Å². The third kappa shape index (κ3) is 39.4. The van der Waals surface area contributed by atoms with Crippen LogP contribution < -0.4 is 5.32 Å². The molecule has 0 aromatic carbocycles. The molecule has 0 spiro atoms. The van der Waals surface area contributed by atoms with Crippen LogP contribution in [0.4, 0.5) is 0 Å². The van der Waals surface area contributed by atoms with E-state index in [2.05, 4.69) is 86.8 Å². The van der Waals surface area contributed by atoms with Crippen molar-refractivity contribution >= 4 is 11.9 Å². The Hall–Kier alpha value is -3.48. The lowest BCUT2D eigenvalue weighted by molar-refractivity contribution is -0.151. The van der Waals surface area contributed by atoms with Crippen molar-refractivity contribution in [2.24, 2.45) is 0 Å². The van der Waals surface area contributed by atoms with Gasteiger partial charge in [-0.05, 0) is 77.0 Å². The summed E-state index contributed by atoms with van der Waals surface area (Å²) in [5.41, 5.74) is 0. The number of hydrogen-bond acceptors (Lipinski definition) is 5. The lowest BCUT2D eigenvalue weighted by atomic mass is 10.0. The summed E-state index contributed by atoms with van der Waals surface area (Å²) in [7, 11) is 0. The number of carbonyl (C=O) groups is 2. The first kappa shape index (κ1) is 54.5. The molecule has 328 valence electrons. The largest absolute Gasteiger partial charge is 0.462 e. The average Bonchev–Trinajstić information content (AvgIpc) is 3.22. The van der Waals surface area contributed by atoms with Crippen LogP contribution in [-0.4, -0.2) is 46.9 Å². The van der Waals surface area contributed by atoms with Gasteiger partial charge in [-0.1, -0.05) is 201 Å². The molecular formula is C52H85NO5. The number of hydrogen-bond donors (Lipinski definition) is 3. The first-order chi connectivity index (χ1) is 28.5. The van der Waals surface area contributed by atoms with E-state index in [9.17, 15) is 19.8 Å². The predicted octanol–water partition coefficient (Wildman–Crippen LogP) is 13.6. The zero-order chi connectivity index (χ0) is 42.4. The molecule has 0 rings (SSSR count). The zero-order valence-corrected chi connectivity index (χ0v) is 37.1. The monoisotopic (exact) mass is 804 g/mol. The van der Waals surface area contributed by atoms with Crippen molar-refractivity contribution in [1.82, 2.24) is 5.32 Å². The topological polar surface area (TPSA) is 95.9 Å². The van der Waals surface area contributed by atoms with Gasteiger partial charge in [0.2, 0.25) is 5.91 Å². The minimum atomic E-state index is -0.815. The Morgan fingerprint density at radius 3 is 1.62 bits per heavy atom. The maximum atomic E-state index is 13.1. The molecule has 0 aliphatic rings. The minimum Gasteiger partial charge on any atom is -0.462 e. The summed E-state index contributed by atoms with van der Waals surface area (Å²) >= 11 is 0. The zero-order valence-electron chi connectivity index (χ0n) is 37.1. The van der Waals surface area contributed by atoms with Gasteiger partial charge in [0.1, 0.15) is 6.10 Å². The van der Waals surface area contributed by atoms with Crippen LogP contribution in [0.3, 0.4) is 0 Å². The molecule has 0 radical (unpaired) electrons. The normalized spacial score (nSPS) is 14.4. The van der Waals surface area contributed by atoms with Crippen LogP contribution in [0.5, 0.6) is 0 Å². The van der Waals surface area contributed by atoms with Gasteiger partial charge in [0.05, 0.1) is 25.2 Å². The maximum absolute atomic E-state index is 13.1. The summed E-state index contributed by atoms with van der Waals surface area (Å²) in [6.45, 7) is 6.16. The molecule has 0 aliphatic heterocycles. The number of ether oxygens (including phenoxy) is 1. The van der Waals surface area contributed by atoms with Gasteiger partial charge in [0.25, 0.3) is 0 Å². The summed E-state index contributed by atoms with van der Waals surface area (Å²) in [4.78, 5) is 26.0. The highest BCUT2D eigenvalue weighted by atomic mass is 16.5. The molecule has 0 heterocycles. The summed E-state index contributed by atoms with van der Waals surface area (Å²) in [6, 6.07) is -0.733. The molecule has 6 heteroatoms. The van der Waals surface area contributed by atoms with Gasteiger partial charge in [-0.25, -0.2) is 0 Å². The van der Waals surface area contributed by atoms with Crippen LogP contribution in [0.15, 0.2) is 109 Å². The number of nitrogens with one attached hydrogen (secondary N) is 1. The average molecular weight is 804 g/mol. The van der Waals surface area contributed by atoms with E-state index in [1.54, 1.807) is 0 Å². The Bertz CT molecular complexity index is 1220. The molecule has 0 aliphatic carbocycles. The first-order valence-corrected chi connectivity index (χ1v) is 23.2. The molecule has 3 atom stereocenters. The number of allylic oxidation sites excluding steroid dienone is 18. The number of aliphatic hydroxyl groups excluding tert-OH is 2. The molecule has 0 aromatic heterocycles. The van der Waals surface area contributed by atoms with E-state index in [1.165, 1.54) is 44.9 Å². The second kappa shape index (κ2) is 44.6. The van der Waals surface area contributed by atoms with E-state index >= 15 is 0 Å². The molecule has 3 N–H and O–H groups in total. The van der Waals surface area contributed by atoms with Crippen molar-refractivity contribution in [2.45, 2.75) is 200 Å². The van der Waals surface area contributed by atoms with Crippen molar-refractivity contribution in [3.05, 3.63) is 109 Å². The van der Waals surface area contributed by atoms with Gasteiger partial charge < -0.3 is 20.3 Å². The molecule has 0 saturated heterocycles. The Kier molecular flexibility index (Phi) is 41.9. The van der Waals surface area contributed by atoms with E-state index in [0.717, 1.165) is 89.9 Å². The lowest BCUT2D eigenvalue weighted by Gasteiger charge is -2.24. The Labute approximate surface area is 356 Å². The molecule has 0 bridgehead atoms. The second-order valence-electron chi connectivity index (χ2n) is 15.2. The smallest absolute Gasteiger partial charge is 0.306 e. The number of carbonyl (C=O) groups excluding carboxylic acids is 2. The SMILES string of the molecule is CC/C=C/C=C/C=C\C=C/C=C/CCCCCC(=O)OC(CCC/C=C/C/C=C/C/C=C/C/C=C/CC)CC(=O)NC(CO)C(O)CCCCCCCCCCCC. The van der Waals surface area contributed by atoms with Crippen LogP contribution in [0.25, 0.3) is 0 Å². The van der Waals surface area contributed by atoms with Crippen molar-refractivity contribution in [3.8, 4) is 0 Å². The Morgan fingerprint density at radius 1 is 0.534 bits per heavy atom. The number of rotatable bonds is 39. The van der Waals surface area contributed by atoms with Gasteiger partial charge in [0.15, 0.2) is 0 Å². The molecule has 6 nitrogen and oxygen atoms in total. The van der Waals surface area contributed by atoms with Crippen molar-refractivity contribution < 1.29 is 24.5 Å². The molecule has 0 saturated carbocycles. The molecule has 0 fully saturated rings. The minimum absolute atomic E-state index is 0.0150. The molecule has 0 aromatic rings. The van der Waals surface area contributed by atoms with E-state index < -0.39 is 18.2 Å². The van der Waals surface area contributed by atoms with E-state index in [1.807, 2.05) is 48.6 Å². The number of amides is 1. The summed E-state index contributed by atoms with van der Waals surface area (Å²) in [5, 5.41) is 23.6. The Balaban J connectivity index is 4.82. The predicted molar refractivity (Wildman–Crippen MR) is 250 cm³/mol. The summed E-state index contributed by atoms with van der Waals surface area (Å²) in [6.07, 6.45) is 60.0. The van der Waals surface area contributed by atoms with Crippen LogP contribution >= 0.6 is 0 Å². The fourth-order valence-electron chi connectivity index (χ4n) is 6.27. The number of aliphatic hydroxyl groups is 2. The van der Waals surface area contributed by atoms with Gasteiger partial charge in [0, 0.05) is 6.42 Å². The van der Waals surface area contributed by atoms with Gasteiger partial charge in [-0.3, -0.25) is 9.59 Å². The fourth-order valence-corrected chi connectivity index (χ4v) is 6.27. The van der Waals surface area contributed by atoms with Crippen LogP contribution in [0.1, 0.15) is 181 Å². The quantitative estimate of drug-likeness (QED) is 0.0249. The van der Waals surface area contributed by atoms with Crippen LogP contribution in [0, 0.1) is 0 Å². The summed E-state index contributed by atoms with van der Waals surface area (Å²) < 4.78 is 5.86. The van der Waals surface area contributed by atoms with Crippen molar-refractivity contribution in [2.75, 3.05) is 6.61 Å². The van der Waals surface area contributed by atoms with Crippen LogP contribution in [-0.2, 0) is 14.3 Å². The van der Waals surface area contributed by atoms with Crippen molar-refractivity contribution in [3.63, 3.8) is 0 Å². The van der Waals surface area contributed by atoms with E-state index in [0.29, 0.717) is 19.3 Å². The third-order valence-corrected chi connectivity index (χ3v) is 9.73. The highest BCUT2D eigenvalue weighted by Crippen LogP contribution is 2.16. The molecular weight excluding hydrogens is 719 g/mol. The Morgan fingerprint density at radius 2 is 1.03 bits per heavy atom. The number of esters is 1. The van der Waals surface area contributed by atoms with Gasteiger partial charge in [-0.2, -0.15) is 0 Å². The van der Waals surface area contributed by atoms with Gasteiger partial charge >= 0.3 is 5.97 Å². The third-order valence-electron chi connectivity index (χ3n) is 9.73. The standard InChI is InChI=1S/C52H85NO5/c1-4-7-10-13-16-19-22-24-26-28-30-33-36-39-42-45-52(57)58-48(43-40-37-34-31-29-27-25-23-20-17-14-11-8-5-2)46-51(56)53-49(47-54)50(55)44-41-38-35-32-21-18-15-12-9-6-3/h7-8,10-11,13,16-17,19-20,22,24-28,30-31,34,48-50,54-55H,4-6,9,12,14-15,18,21,23,29,32-33,35-47H2,1-3H3,(H,53,56)/b10-7+,11-8+,16-13+,20-17+,22-19-,26-24-,27-25+,30-28+,34-31+. The molecule has 58 heavy (non-hydrogen) atoms. The van der Waals surface area contributed by atoms with E-state index in [-0.39, 0.29) is 24.9 Å². The number of unbranched alkanes of at least 4 members (excludes halogenated alkanes) is 13. The second-order valence-corrected chi connectivity index (χ2v) is 15.2. The lowest BCUT2D eigenvalue weighted by Crippen LogP contribution is -2.46. The molecule has 3 unspecified atom stereocenters. The van der Waals surface area contributed by atoms with Crippen molar-refractivity contribution in [1.29, 1.82) is 0 Å².